The number of aromatic nitrogens is 2. The predicted molar refractivity (Wildman–Crippen MR) is 115 cm³/mol. The highest BCUT2D eigenvalue weighted by atomic mass is 79.9. The van der Waals surface area contributed by atoms with Crippen LogP contribution >= 0.6 is 27.3 Å². The van der Waals surface area contributed by atoms with E-state index in [4.69, 9.17) is 5.73 Å². The molecule has 2 aromatic heterocycles. The molecule has 0 aliphatic carbocycles. The molecule has 0 saturated carbocycles. The van der Waals surface area contributed by atoms with Gasteiger partial charge >= 0.3 is 0 Å². The van der Waals surface area contributed by atoms with Crippen LogP contribution in [0.4, 0.5) is 5.82 Å². The van der Waals surface area contributed by atoms with Gasteiger partial charge in [0.25, 0.3) is 5.91 Å². The van der Waals surface area contributed by atoms with Crippen LogP contribution in [0.3, 0.4) is 0 Å². The van der Waals surface area contributed by atoms with Crippen molar-refractivity contribution in [3.8, 4) is 10.4 Å². The summed E-state index contributed by atoms with van der Waals surface area (Å²) in [7, 11) is 0. The monoisotopic (exact) mass is 457 g/mol. The lowest BCUT2D eigenvalue weighted by Crippen LogP contribution is -2.48. The van der Waals surface area contributed by atoms with E-state index in [0.717, 1.165) is 24.1 Å². The van der Waals surface area contributed by atoms with Gasteiger partial charge in [0.1, 0.15) is 0 Å². The first-order valence-electron chi connectivity index (χ1n) is 9.03. The number of nitrogens with zero attached hydrogens (tertiary/aromatic N) is 4. The Hall–Kier alpha value is -2.29. The molecule has 144 valence electrons. The molecule has 0 spiro atoms. The molecule has 1 saturated heterocycles. The van der Waals surface area contributed by atoms with Gasteiger partial charge in [0.15, 0.2) is 11.5 Å². The summed E-state index contributed by atoms with van der Waals surface area (Å²) in [5.41, 5.74) is 7.26. The van der Waals surface area contributed by atoms with Gasteiger partial charge in [-0.05, 0) is 29.8 Å². The highest BCUT2D eigenvalue weighted by molar-refractivity contribution is 9.10. The van der Waals surface area contributed by atoms with Crippen LogP contribution in [0.15, 0.2) is 53.3 Å². The molecule has 0 unspecified atom stereocenters. The summed E-state index contributed by atoms with van der Waals surface area (Å²) >= 11 is 5.30. The standard InChI is InChI=1S/C20H20BrN5OS/c21-15-3-1-14(2-4-15)17-6-5-16(28-17)13-25-9-11-26(12-10-25)20(27)18-19(22)24-8-7-23-18/h1-8H,9-13H2,(H2,22,24). The number of thiophene rings is 1. The molecule has 28 heavy (non-hydrogen) atoms. The number of carbonyl (C=O) groups is 1. The molecular formula is C20H20BrN5OS. The Labute approximate surface area is 176 Å². The van der Waals surface area contributed by atoms with E-state index in [1.54, 1.807) is 4.90 Å². The van der Waals surface area contributed by atoms with Gasteiger partial charge in [0.05, 0.1) is 0 Å². The summed E-state index contributed by atoms with van der Waals surface area (Å²) < 4.78 is 1.09. The third-order valence-corrected chi connectivity index (χ3v) is 6.41. The molecule has 1 aliphatic heterocycles. The normalized spacial score (nSPS) is 15.0. The minimum Gasteiger partial charge on any atom is -0.382 e. The van der Waals surface area contributed by atoms with Gasteiger partial charge in [-0.1, -0.05) is 28.1 Å². The molecule has 1 fully saturated rings. The minimum absolute atomic E-state index is 0.140. The molecule has 8 heteroatoms. The van der Waals surface area contributed by atoms with Crippen LogP contribution in [-0.2, 0) is 6.54 Å². The van der Waals surface area contributed by atoms with Gasteiger partial charge in [-0.2, -0.15) is 0 Å². The molecule has 4 rings (SSSR count). The van der Waals surface area contributed by atoms with Gasteiger partial charge in [-0.25, -0.2) is 9.97 Å². The zero-order valence-corrected chi connectivity index (χ0v) is 17.6. The van der Waals surface area contributed by atoms with Gasteiger partial charge in [0, 0.05) is 59.3 Å². The van der Waals surface area contributed by atoms with Crippen LogP contribution in [-0.4, -0.2) is 51.9 Å². The Morgan fingerprint density at radius 3 is 2.46 bits per heavy atom. The second kappa shape index (κ2) is 8.38. The van der Waals surface area contributed by atoms with Crippen LogP contribution in [0.5, 0.6) is 0 Å². The van der Waals surface area contributed by atoms with Crippen LogP contribution in [0.1, 0.15) is 15.4 Å². The molecule has 6 nitrogen and oxygen atoms in total. The van der Waals surface area contributed by atoms with E-state index >= 15 is 0 Å². The van der Waals surface area contributed by atoms with Crippen molar-refractivity contribution in [3.63, 3.8) is 0 Å². The van der Waals surface area contributed by atoms with Gasteiger partial charge < -0.3 is 10.6 Å². The Morgan fingerprint density at radius 1 is 1.04 bits per heavy atom. The first kappa shape index (κ1) is 19.0. The maximum atomic E-state index is 12.6. The van der Waals surface area contributed by atoms with Gasteiger partial charge in [0.2, 0.25) is 0 Å². The van der Waals surface area contributed by atoms with Crippen molar-refractivity contribution in [1.82, 2.24) is 19.8 Å². The molecule has 3 aromatic rings. The Kier molecular flexibility index (Phi) is 5.70. The van der Waals surface area contributed by atoms with Crippen molar-refractivity contribution in [2.24, 2.45) is 0 Å². The van der Waals surface area contributed by atoms with Crippen LogP contribution in [0, 0.1) is 0 Å². The first-order valence-corrected chi connectivity index (χ1v) is 10.6. The Balaban J connectivity index is 1.34. The zero-order valence-electron chi connectivity index (χ0n) is 15.2. The lowest BCUT2D eigenvalue weighted by molar-refractivity contribution is 0.0624. The van der Waals surface area contributed by atoms with Crippen molar-refractivity contribution >= 4 is 39.0 Å². The topological polar surface area (TPSA) is 75.3 Å². The summed E-state index contributed by atoms with van der Waals surface area (Å²) in [5.74, 6) is 0.0490. The van der Waals surface area contributed by atoms with Crippen LogP contribution in [0.25, 0.3) is 10.4 Å². The van der Waals surface area contributed by atoms with E-state index in [2.05, 4.69) is 67.2 Å². The fourth-order valence-corrected chi connectivity index (χ4v) is 4.55. The Morgan fingerprint density at radius 2 is 1.75 bits per heavy atom. The van der Waals surface area contributed by atoms with Crippen molar-refractivity contribution in [2.45, 2.75) is 6.54 Å². The molecule has 0 bridgehead atoms. The van der Waals surface area contributed by atoms with E-state index in [1.165, 1.54) is 27.7 Å². The fourth-order valence-electron chi connectivity index (χ4n) is 3.22. The fraction of sp³-hybridized carbons (Fsp3) is 0.250. The molecule has 1 amide bonds. The quantitative estimate of drug-likeness (QED) is 0.648. The second-order valence-corrected chi connectivity index (χ2v) is 8.72. The first-order chi connectivity index (χ1) is 13.6. The number of piperazine rings is 1. The second-order valence-electron chi connectivity index (χ2n) is 6.63. The van der Waals surface area contributed by atoms with Crippen molar-refractivity contribution < 1.29 is 4.79 Å². The number of anilines is 1. The number of hydrogen-bond acceptors (Lipinski definition) is 6. The highest BCUT2D eigenvalue weighted by Crippen LogP contribution is 2.30. The van der Waals surface area contributed by atoms with Crippen molar-refractivity contribution in [1.29, 1.82) is 0 Å². The number of amides is 1. The third kappa shape index (κ3) is 4.24. The van der Waals surface area contributed by atoms with Gasteiger partial charge in [-0.15, -0.1) is 11.3 Å². The van der Waals surface area contributed by atoms with E-state index < -0.39 is 0 Å². The van der Waals surface area contributed by atoms with Crippen LogP contribution in [0.2, 0.25) is 0 Å². The summed E-state index contributed by atoms with van der Waals surface area (Å²) in [6.07, 6.45) is 2.99. The molecule has 1 aromatic carbocycles. The van der Waals surface area contributed by atoms with E-state index in [9.17, 15) is 4.79 Å². The average Bonchev–Trinajstić information content (AvgIpc) is 3.17. The summed E-state index contributed by atoms with van der Waals surface area (Å²) in [6, 6.07) is 12.8. The number of hydrogen-bond donors (Lipinski definition) is 1. The average molecular weight is 458 g/mol. The molecule has 3 heterocycles. The minimum atomic E-state index is -0.140. The van der Waals surface area contributed by atoms with Crippen molar-refractivity contribution in [2.75, 3.05) is 31.9 Å². The molecular weight excluding hydrogens is 438 g/mol. The third-order valence-electron chi connectivity index (χ3n) is 4.76. The number of rotatable bonds is 4. The maximum absolute atomic E-state index is 12.6. The number of benzene rings is 1. The molecule has 0 radical (unpaired) electrons. The molecule has 2 N–H and O–H groups in total. The summed E-state index contributed by atoms with van der Waals surface area (Å²) in [5, 5.41) is 0. The zero-order chi connectivity index (χ0) is 19.5. The van der Waals surface area contributed by atoms with Crippen LogP contribution < -0.4 is 5.73 Å². The van der Waals surface area contributed by atoms with E-state index in [1.807, 2.05) is 11.3 Å². The summed E-state index contributed by atoms with van der Waals surface area (Å²) in [6.45, 7) is 3.89. The summed E-state index contributed by atoms with van der Waals surface area (Å²) in [4.78, 5) is 27.4. The molecule has 1 aliphatic rings. The lowest BCUT2D eigenvalue weighted by Gasteiger charge is -2.34. The smallest absolute Gasteiger partial charge is 0.276 e. The predicted octanol–water partition coefficient (Wildman–Crippen LogP) is 3.51. The van der Waals surface area contributed by atoms with Crippen molar-refractivity contribution in [3.05, 3.63) is 63.8 Å². The number of carbonyl (C=O) groups excluding carboxylic acids is 1. The lowest BCUT2D eigenvalue weighted by atomic mass is 10.2. The number of nitrogens with two attached hydrogens (primary N) is 1. The number of halogens is 1. The van der Waals surface area contributed by atoms with E-state index in [-0.39, 0.29) is 17.4 Å². The molecule has 0 atom stereocenters. The SMILES string of the molecule is Nc1nccnc1C(=O)N1CCN(Cc2ccc(-c3ccc(Br)cc3)s2)CC1. The van der Waals surface area contributed by atoms with Gasteiger partial charge in [-0.3, -0.25) is 9.69 Å². The highest BCUT2D eigenvalue weighted by Gasteiger charge is 2.25. The number of nitrogen functional groups attached to an aromatic ring is 1. The Bertz CT molecular complexity index is 967. The van der Waals surface area contributed by atoms with E-state index in [0.29, 0.717) is 13.1 Å². The largest absolute Gasteiger partial charge is 0.382 e. The maximum Gasteiger partial charge on any atom is 0.276 e.